The number of hydrogen-bond donors (Lipinski definition) is 2. The van der Waals surface area contributed by atoms with Gasteiger partial charge < -0.3 is 19.3 Å². The fourth-order valence-electron chi connectivity index (χ4n) is 1.84. The lowest BCUT2D eigenvalue weighted by atomic mass is 10.2. The molecule has 0 bridgehead atoms. The molecule has 2 aromatic heterocycles. The molecule has 106 valence electrons. The lowest BCUT2D eigenvalue weighted by Crippen LogP contribution is -1.98. The zero-order valence-electron chi connectivity index (χ0n) is 10.8. The van der Waals surface area contributed by atoms with Gasteiger partial charge in [0, 0.05) is 11.3 Å². The zero-order valence-corrected chi connectivity index (χ0v) is 10.8. The minimum Gasteiger partial charge on any atom is -0.478 e. The van der Waals surface area contributed by atoms with Crippen LogP contribution in [0.25, 0.3) is 11.5 Å². The highest BCUT2D eigenvalue weighted by atomic mass is 16.4. The van der Waals surface area contributed by atoms with E-state index in [4.69, 9.17) is 13.9 Å². The third-order valence-corrected chi connectivity index (χ3v) is 2.84. The number of benzene rings is 1. The third kappa shape index (κ3) is 2.92. The summed E-state index contributed by atoms with van der Waals surface area (Å²) in [5, 5.41) is 19.4. The number of rotatable bonds is 5. The lowest BCUT2D eigenvalue weighted by molar-refractivity contribution is 0.0696. The monoisotopic (exact) mass is 285 g/mol. The molecule has 3 rings (SSSR count). The van der Waals surface area contributed by atoms with Crippen molar-refractivity contribution < 1.29 is 18.7 Å². The van der Waals surface area contributed by atoms with Gasteiger partial charge in [0.05, 0.1) is 12.1 Å². The highest BCUT2D eigenvalue weighted by Crippen LogP contribution is 2.21. The normalized spacial score (nSPS) is 10.5. The maximum Gasteiger partial charge on any atom is 0.338 e. The fraction of sp³-hybridized carbons (Fsp3) is 0.0714. The minimum absolute atomic E-state index is 0.131. The molecule has 0 amide bonds. The van der Waals surface area contributed by atoms with Crippen LogP contribution in [0.3, 0.4) is 0 Å². The molecular weight excluding hydrogens is 274 g/mol. The summed E-state index contributed by atoms with van der Waals surface area (Å²) in [6, 6.07) is 8.92. The standard InChI is InChI=1S/C14H11N3O4/c18-14(19)10-5-12(20-7-10)6-15-11-3-1-2-9(4-11)13-17-16-8-21-13/h1-5,7-8,15H,6H2,(H,18,19). The molecule has 0 radical (unpaired) electrons. The number of furan rings is 1. The number of nitrogens with zero attached hydrogens (tertiary/aromatic N) is 2. The molecule has 21 heavy (non-hydrogen) atoms. The minimum atomic E-state index is -1.01. The molecule has 0 atom stereocenters. The molecule has 0 aliphatic heterocycles. The van der Waals surface area contributed by atoms with E-state index in [1.165, 1.54) is 18.7 Å². The van der Waals surface area contributed by atoms with Gasteiger partial charge in [-0.3, -0.25) is 0 Å². The van der Waals surface area contributed by atoms with E-state index < -0.39 is 5.97 Å². The van der Waals surface area contributed by atoms with Crippen molar-refractivity contribution in [1.29, 1.82) is 0 Å². The van der Waals surface area contributed by atoms with Crippen molar-refractivity contribution in [3.63, 3.8) is 0 Å². The van der Waals surface area contributed by atoms with Crippen LogP contribution >= 0.6 is 0 Å². The molecule has 3 aromatic rings. The smallest absolute Gasteiger partial charge is 0.338 e. The maximum atomic E-state index is 10.8. The molecule has 0 saturated carbocycles. The Morgan fingerprint density at radius 1 is 1.29 bits per heavy atom. The molecule has 0 unspecified atom stereocenters. The molecule has 2 heterocycles. The first-order valence-corrected chi connectivity index (χ1v) is 6.13. The average molecular weight is 285 g/mol. The van der Waals surface area contributed by atoms with Crippen molar-refractivity contribution in [1.82, 2.24) is 10.2 Å². The number of aromatic carboxylic acids is 1. The number of carboxylic acid groups (broad SMARTS) is 1. The third-order valence-electron chi connectivity index (χ3n) is 2.84. The Morgan fingerprint density at radius 3 is 2.90 bits per heavy atom. The average Bonchev–Trinajstić information content (AvgIpc) is 3.17. The summed E-state index contributed by atoms with van der Waals surface area (Å²) in [4.78, 5) is 10.8. The Morgan fingerprint density at radius 2 is 2.19 bits per heavy atom. The number of carboxylic acids is 1. The molecule has 2 N–H and O–H groups in total. The van der Waals surface area contributed by atoms with E-state index in [2.05, 4.69) is 15.5 Å². The molecule has 7 heteroatoms. The Balaban J connectivity index is 1.70. The fourth-order valence-corrected chi connectivity index (χ4v) is 1.84. The van der Waals surface area contributed by atoms with Gasteiger partial charge in [-0.25, -0.2) is 4.79 Å². The molecule has 0 aliphatic rings. The summed E-state index contributed by atoms with van der Waals surface area (Å²) in [5.41, 5.74) is 1.76. The van der Waals surface area contributed by atoms with E-state index in [9.17, 15) is 4.79 Å². The van der Waals surface area contributed by atoms with Crippen LogP contribution in [0.2, 0.25) is 0 Å². The summed E-state index contributed by atoms with van der Waals surface area (Å²) < 4.78 is 10.3. The van der Waals surface area contributed by atoms with Gasteiger partial charge in [0.1, 0.15) is 12.0 Å². The topological polar surface area (TPSA) is 101 Å². The van der Waals surface area contributed by atoms with Crippen LogP contribution in [0.5, 0.6) is 0 Å². The van der Waals surface area contributed by atoms with Crippen LogP contribution in [0.1, 0.15) is 16.1 Å². The van der Waals surface area contributed by atoms with Crippen molar-refractivity contribution in [2.75, 3.05) is 5.32 Å². The van der Waals surface area contributed by atoms with Crippen LogP contribution < -0.4 is 5.32 Å². The van der Waals surface area contributed by atoms with E-state index >= 15 is 0 Å². The highest BCUT2D eigenvalue weighted by Gasteiger charge is 2.08. The Hall–Kier alpha value is -3.09. The SMILES string of the molecule is O=C(O)c1coc(CNc2cccc(-c3nnco3)c2)c1. The summed E-state index contributed by atoms with van der Waals surface area (Å²) in [7, 11) is 0. The van der Waals surface area contributed by atoms with Crippen molar-refractivity contribution in [2.45, 2.75) is 6.54 Å². The van der Waals surface area contributed by atoms with Gasteiger partial charge in [0.2, 0.25) is 12.3 Å². The Bertz CT molecular complexity index is 749. The van der Waals surface area contributed by atoms with Gasteiger partial charge in [-0.15, -0.1) is 10.2 Å². The summed E-state index contributed by atoms with van der Waals surface area (Å²) >= 11 is 0. The Kier molecular flexibility index (Phi) is 3.38. The molecule has 0 fully saturated rings. The summed E-state index contributed by atoms with van der Waals surface area (Å²) in [5.74, 6) is -0.0382. The van der Waals surface area contributed by atoms with E-state index in [-0.39, 0.29) is 5.56 Å². The van der Waals surface area contributed by atoms with Crippen molar-refractivity contribution >= 4 is 11.7 Å². The van der Waals surface area contributed by atoms with E-state index in [0.717, 1.165) is 11.3 Å². The second-order valence-electron chi connectivity index (χ2n) is 4.29. The van der Waals surface area contributed by atoms with E-state index in [1.54, 1.807) is 0 Å². The van der Waals surface area contributed by atoms with Gasteiger partial charge in [-0.2, -0.15) is 0 Å². The summed E-state index contributed by atoms with van der Waals surface area (Å²) in [6.07, 6.45) is 2.49. The molecule has 7 nitrogen and oxygen atoms in total. The second-order valence-corrected chi connectivity index (χ2v) is 4.29. The maximum absolute atomic E-state index is 10.8. The van der Waals surface area contributed by atoms with E-state index in [0.29, 0.717) is 18.2 Å². The number of hydrogen-bond acceptors (Lipinski definition) is 6. The Labute approximate surface area is 119 Å². The quantitative estimate of drug-likeness (QED) is 0.742. The largest absolute Gasteiger partial charge is 0.478 e. The predicted octanol–water partition coefficient (Wildman–Crippen LogP) is 2.64. The van der Waals surface area contributed by atoms with E-state index in [1.807, 2.05) is 24.3 Å². The van der Waals surface area contributed by atoms with Crippen LogP contribution in [-0.2, 0) is 6.54 Å². The molecular formula is C14H11N3O4. The van der Waals surface area contributed by atoms with Crippen LogP contribution in [0.4, 0.5) is 5.69 Å². The van der Waals surface area contributed by atoms with Crippen molar-refractivity contribution in [2.24, 2.45) is 0 Å². The van der Waals surface area contributed by atoms with Crippen LogP contribution in [0.15, 0.2) is 51.8 Å². The zero-order chi connectivity index (χ0) is 14.7. The lowest BCUT2D eigenvalue weighted by Gasteiger charge is -2.05. The summed E-state index contributed by atoms with van der Waals surface area (Å²) in [6.45, 7) is 0.376. The highest BCUT2D eigenvalue weighted by molar-refractivity contribution is 5.87. The van der Waals surface area contributed by atoms with Gasteiger partial charge in [-0.1, -0.05) is 6.07 Å². The second kappa shape index (κ2) is 5.49. The van der Waals surface area contributed by atoms with Crippen LogP contribution in [0, 0.1) is 0 Å². The van der Waals surface area contributed by atoms with Gasteiger partial charge in [-0.05, 0) is 24.3 Å². The van der Waals surface area contributed by atoms with Crippen molar-refractivity contribution in [3.05, 3.63) is 54.3 Å². The molecule has 1 aromatic carbocycles. The first-order valence-electron chi connectivity index (χ1n) is 6.13. The van der Waals surface area contributed by atoms with Crippen LogP contribution in [-0.4, -0.2) is 21.3 Å². The van der Waals surface area contributed by atoms with Gasteiger partial charge >= 0.3 is 5.97 Å². The number of carbonyl (C=O) groups is 1. The van der Waals surface area contributed by atoms with Gasteiger partial charge in [0.25, 0.3) is 0 Å². The first-order chi connectivity index (χ1) is 10.2. The predicted molar refractivity (Wildman–Crippen MR) is 72.7 cm³/mol. The first kappa shape index (κ1) is 12.9. The molecule has 0 spiro atoms. The number of nitrogens with one attached hydrogen (secondary N) is 1. The molecule has 0 aliphatic carbocycles. The molecule has 0 saturated heterocycles. The number of anilines is 1. The number of aromatic nitrogens is 2. The van der Waals surface area contributed by atoms with Crippen molar-refractivity contribution in [3.8, 4) is 11.5 Å². The van der Waals surface area contributed by atoms with Gasteiger partial charge in [0.15, 0.2) is 0 Å².